The number of halogens is 1. The number of nitrogens with one attached hydrogen (secondary N) is 3. The minimum Gasteiger partial charge on any atom is -0.383 e. The van der Waals surface area contributed by atoms with Gasteiger partial charge in [-0.1, -0.05) is 17.7 Å². The lowest BCUT2D eigenvalue weighted by molar-refractivity contribution is -0.0807. The molecule has 2 aliphatic rings. The van der Waals surface area contributed by atoms with Crippen LogP contribution in [-0.2, 0) is 14.2 Å². The van der Waals surface area contributed by atoms with Gasteiger partial charge in [-0.25, -0.2) is 9.97 Å². The van der Waals surface area contributed by atoms with Crippen molar-refractivity contribution < 1.29 is 14.2 Å². The van der Waals surface area contributed by atoms with Gasteiger partial charge in [0.05, 0.1) is 22.9 Å². The summed E-state index contributed by atoms with van der Waals surface area (Å²) in [5.74, 6) is 1.63. The van der Waals surface area contributed by atoms with Gasteiger partial charge in [-0.3, -0.25) is 0 Å². The Morgan fingerprint density at radius 1 is 1.11 bits per heavy atom. The summed E-state index contributed by atoms with van der Waals surface area (Å²) >= 11 is 6.56. The van der Waals surface area contributed by atoms with E-state index in [0.29, 0.717) is 29.7 Å². The second kappa shape index (κ2) is 13.0. The van der Waals surface area contributed by atoms with Crippen molar-refractivity contribution in [1.82, 2.24) is 15.3 Å². The Bertz CT molecular complexity index is 964. The van der Waals surface area contributed by atoms with E-state index in [9.17, 15) is 0 Å². The molecule has 0 unspecified atom stereocenters. The highest BCUT2D eigenvalue weighted by Gasteiger charge is 2.32. The van der Waals surface area contributed by atoms with E-state index in [2.05, 4.69) is 27.9 Å². The van der Waals surface area contributed by atoms with Crippen molar-refractivity contribution in [3.63, 3.8) is 0 Å². The zero-order valence-electron chi connectivity index (χ0n) is 21.7. The second-order valence-electron chi connectivity index (χ2n) is 10.0. The lowest BCUT2D eigenvalue weighted by Crippen LogP contribution is -2.44. The minimum atomic E-state index is -0.225. The molecule has 9 heteroatoms. The van der Waals surface area contributed by atoms with Crippen molar-refractivity contribution in [3.05, 3.63) is 35.5 Å². The number of hydrogen-bond acceptors (Lipinski definition) is 8. The van der Waals surface area contributed by atoms with E-state index in [1.807, 2.05) is 24.3 Å². The molecule has 1 atom stereocenters. The number of nitrogens with zero attached hydrogens (tertiary/aromatic N) is 2. The van der Waals surface area contributed by atoms with E-state index in [1.165, 1.54) is 0 Å². The molecule has 36 heavy (non-hydrogen) atoms. The second-order valence-corrected chi connectivity index (χ2v) is 10.4. The topological polar surface area (TPSA) is 89.6 Å². The predicted octanol–water partition coefficient (Wildman–Crippen LogP) is 4.75. The SMILES string of the molecule is COC[C@@H](C)N[C@H]1CC[C@H](Nc2cc(-c3cccc(NCC4(OC)CCOCC4)n3)c(Cl)cn2)CC1. The summed E-state index contributed by atoms with van der Waals surface area (Å²) in [4.78, 5) is 9.38. The monoisotopic (exact) mass is 517 g/mol. The number of rotatable bonds is 11. The first kappa shape index (κ1) is 27.1. The van der Waals surface area contributed by atoms with Gasteiger partial charge in [0.2, 0.25) is 0 Å². The fourth-order valence-electron chi connectivity index (χ4n) is 5.16. The molecule has 0 aromatic carbocycles. The first-order valence-electron chi connectivity index (χ1n) is 13.0. The maximum Gasteiger partial charge on any atom is 0.126 e. The molecule has 2 aromatic heterocycles. The lowest BCUT2D eigenvalue weighted by atomic mass is 9.90. The Labute approximate surface area is 219 Å². The van der Waals surface area contributed by atoms with Crippen molar-refractivity contribution in [2.45, 2.75) is 69.2 Å². The molecular formula is C27H40ClN5O3. The van der Waals surface area contributed by atoms with Crippen molar-refractivity contribution in [1.29, 1.82) is 0 Å². The van der Waals surface area contributed by atoms with Crippen LogP contribution in [0.25, 0.3) is 11.3 Å². The van der Waals surface area contributed by atoms with E-state index in [1.54, 1.807) is 20.4 Å². The van der Waals surface area contributed by atoms with Crippen LogP contribution in [0.2, 0.25) is 5.02 Å². The maximum absolute atomic E-state index is 6.56. The molecule has 8 nitrogen and oxygen atoms in total. The average molecular weight is 518 g/mol. The quantitative estimate of drug-likeness (QED) is 0.393. The zero-order chi connectivity index (χ0) is 25.4. The van der Waals surface area contributed by atoms with Crippen LogP contribution in [0.4, 0.5) is 11.6 Å². The largest absolute Gasteiger partial charge is 0.383 e. The Balaban J connectivity index is 1.37. The van der Waals surface area contributed by atoms with Crippen molar-refractivity contribution in [2.75, 3.05) is 51.2 Å². The fraction of sp³-hybridized carbons (Fsp3) is 0.630. The van der Waals surface area contributed by atoms with Crippen molar-refractivity contribution >= 4 is 23.2 Å². The Kier molecular flexibility index (Phi) is 9.79. The molecule has 1 saturated heterocycles. The third-order valence-electron chi connectivity index (χ3n) is 7.33. The molecule has 2 aromatic rings. The van der Waals surface area contributed by atoms with Crippen LogP contribution < -0.4 is 16.0 Å². The summed E-state index contributed by atoms with van der Waals surface area (Å²) in [7, 11) is 3.52. The summed E-state index contributed by atoms with van der Waals surface area (Å²) in [6.07, 6.45) is 7.91. The first-order chi connectivity index (χ1) is 17.5. The molecular weight excluding hydrogens is 478 g/mol. The van der Waals surface area contributed by atoms with Gasteiger partial charge in [0.25, 0.3) is 0 Å². The standard InChI is InChI=1S/C27H40ClN5O3/c1-19(17-34-2)31-20-7-9-21(10-8-20)32-26-15-22(23(28)16-29-26)24-5-4-6-25(33-24)30-18-27(35-3)11-13-36-14-12-27/h4-6,15-16,19-21,31H,7-14,17-18H2,1-3H3,(H,29,32)(H,30,33)/t19-,20-,21-/m1/s1. The van der Waals surface area contributed by atoms with E-state index in [4.69, 9.17) is 30.8 Å². The van der Waals surface area contributed by atoms with Gasteiger partial charge in [0, 0.05) is 76.7 Å². The Morgan fingerprint density at radius 2 is 1.86 bits per heavy atom. The van der Waals surface area contributed by atoms with E-state index in [0.717, 1.165) is 81.2 Å². The van der Waals surface area contributed by atoms with E-state index >= 15 is 0 Å². The lowest BCUT2D eigenvalue weighted by Gasteiger charge is -2.36. The Morgan fingerprint density at radius 3 is 2.58 bits per heavy atom. The third-order valence-corrected chi connectivity index (χ3v) is 7.63. The van der Waals surface area contributed by atoms with Gasteiger partial charge < -0.3 is 30.2 Å². The number of ether oxygens (including phenoxy) is 3. The fourth-order valence-corrected chi connectivity index (χ4v) is 5.36. The van der Waals surface area contributed by atoms with Crippen molar-refractivity contribution in [3.8, 4) is 11.3 Å². The number of pyridine rings is 2. The highest BCUT2D eigenvalue weighted by atomic mass is 35.5. The van der Waals surface area contributed by atoms with Gasteiger partial charge in [-0.15, -0.1) is 0 Å². The van der Waals surface area contributed by atoms with E-state index in [-0.39, 0.29) is 5.60 Å². The summed E-state index contributed by atoms with van der Waals surface area (Å²) in [5.41, 5.74) is 1.46. The van der Waals surface area contributed by atoms with Gasteiger partial charge in [0.1, 0.15) is 11.6 Å². The molecule has 3 heterocycles. The first-order valence-corrected chi connectivity index (χ1v) is 13.4. The number of methoxy groups -OCH3 is 2. The third kappa shape index (κ3) is 7.29. The maximum atomic E-state index is 6.56. The highest BCUT2D eigenvalue weighted by molar-refractivity contribution is 6.33. The summed E-state index contributed by atoms with van der Waals surface area (Å²) in [6, 6.07) is 9.27. The minimum absolute atomic E-state index is 0.225. The predicted molar refractivity (Wildman–Crippen MR) is 145 cm³/mol. The molecule has 0 bridgehead atoms. The molecule has 2 fully saturated rings. The van der Waals surface area contributed by atoms with Crippen LogP contribution >= 0.6 is 11.6 Å². The van der Waals surface area contributed by atoms with Crippen LogP contribution in [0.5, 0.6) is 0 Å². The van der Waals surface area contributed by atoms with Gasteiger partial charge in [-0.05, 0) is 50.8 Å². The van der Waals surface area contributed by atoms with Crippen LogP contribution in [0.3, 0.4) is 0 Å². The van der Waals surface area contributed by atoms with Crippen LogP contribution in [0, 0.1) is 0 Å². The Hall–Kier alpha value is -1.97. The number of anilines is 2. The molecule has 1 saturated carbocycles. The molecule has 1 aliphatic heterocycles. The van der Waals surface area contributed by atoms with E-state index < -0.39 is 0 Å². The molecule has 0 spiro atoms. The van der Waals surface area contributed by atoms with Gasteiger partial charge in [0.15, 0.2) is 0 Å². The average Bonchev–Trinajstić information content (AvgIpc) is 2.90. The zero-order valence-corrected chi connectivity index (χ0v) is 22.4. The van der Waals surface area contributed by atoms with Gasteiger partial charge in [-0.2, -0.15) is 0 Å². The van der Waals surface area contributed by atoms with Crippen LogP contribution in [-0.4, -0.2) is 74.3 Å². The normalized spacial score (nSPS) is 22.7. The molecule has 0 amide bonds. The smallest absolute Gasteiger partial charge is 0.126 e. The highest BCUT2D eigenvalue weighted by Crippen LogP contribution is 2.31. The van der Waals surface area contributed by atoms with Gasteiger partial charge >= 0.3 is 0 Å². The molecule has 4 rings (SSSR count). The number of hydrogen-bond donors (Lipinski definition) is 3. The summed E-state index contributed by atoms with van der Waals surface area (Å²) in [5, 5.41) is 11.3. The van der Waals surface area contributed by atoms with Crippen molar-refractivity contribution in [2.24, 2.45) is 0 Å². The van der Waals surface area contributed by atoms with Crippen LogP contribution in [0.1, 0.15) is 45.4 Å². The summed E-state index contributed by atoms with van der Waals surface area (Å²) < 4.78 is 16.6. The summed E-state index contributed by atoms with van der Waals surface area (Å²) in [6.45, 7) is 5.03. The molecule has 3 N–H and O–H groups in total. The molecule has 198 valence electrons. The molecule has 1 aliphatic carbocycles. The molecule has 0 radical (unpaired) electrons. The number of aromatic nitrogens is 2. The van der Waals surface area contributed by atoms with Crippen LogP contribution in [0.15, 0.2) is 30.5 Å².